The fourth-order valence-electron chi connectivity index (χ4n) is 3.59. The number of thioether (sulfide) groups is 1. The zero-order valence-electron chi connectivity index (χ0n) is 15.5. The van der Waals surface area contributed by atoms with Crippen LogP contribution in [0, 0.1) is 5.82 Å². The molecule has 0 amide bonds. The molecule has 1 unspecified atom stereocenters. The summed E-state index contributed by atoms with van der Waals surface area (Å²) in [6.07, 6.45) is 2.03. The van der Waals surface area contributed by atoms with Crippen LogP contribution in [0.2, 0.25) is 0 Å². The van der Waals surface area contributed by atoms with Crippen molar-refractivity contribution >= 4 is 41.7 Å². The van der Waals surface area contributed by atoms with Crippen molar-refractivity contribution in [2.75, 3.05) is 52.6 Å². The van der Waals surface area contributed by atoms with E-state index in [2.05, 4.69) is 25.4 Å². The number of nitrogens with zero attached hydrogens (tertiary/aromatic N) is 3. The van der Waals surface area contributed by atoms with Crippen molar-refractivity contribution < 1.29 is 4.39 Å². The molecule has 26 heavy (non-hydrogen) atoms. The van der Waals surface area contributed by atoms with Crippen LogP contribution in [0.5, 0.6) is 0 Å². The van der Waals surface area contributed by atoms with E-state index >= 15 is 0 Å². The minimum atomic E-state index is -0.174. The van der Waals surface area contributed by atoms with Crippen LogP contribution in [-0.4, -0.2) is 74.4 Å². The van der Waals surface area contributed by atoms with E-state index in [1.54, 1.807) is 24.9 Å². The average Bonchev–Trinajstić information content (AvgIpc) is 2.64. The van der Waals surface area contributed by atoms with E-state index in [4.69, 9.17) is 0 Å². The molecule has 0 spiro atoms. The van der Waals surface area contributed by atoms with Crippen LogP contribution in [0.4, 0.5) is 4.39 Å². The van der Waals surface area contributed by atoms with E-state index in [1.165, 1.54) is 32.2 Å². The lowest BCUT2D eigenvalue weighted by molar-refractivity contribution is 0.0154. The maximum atomic E-state index is 13.5. The molecule has 3 saturated heterocycles. The third-order valence-corrected chi connectivity index (χ3v) is 5.64. The summed E-state index contributed by atoms with van der Waals surface area (Å²) in [6, 6.07) is 5.57. The minimum Gasteiger partial charge on any atom is -0.355 e. The fraction of sp³-hybridized carbons (Fsp3) is 0.611. The van der Waals surface area contributed by atoms with Crippen LogP contribution in [0.1, 0.15) is 11.1 Å². The SMILES string of the molecule is CN=C(NCc1ccc(F)cc1CSC)NCC1CN2CCN1CC2.I. The lowest BCUT2D eigenvalue weighted by Crippen LogP contribution is -2.63. The van der Waals surface area contributed by atoms with E-state index < -0.39 is 0 Å². The van der Waals surface area contributed by atoms with Gasteiger partial charge in [-0.05, 0) is 29.5 Å². The smallest absolute Gasteiger partial charge is 0.191 e. The molecule has 0 saturated carbocycles. The summed E-state index contributed by atoms with van der Waals surface area (Å²) in [6.45, 7) is 7.43. The van der Waals surface area contributed by atoms with Crippen molar-refractivity contribution in [3.8, 4) is 0 Å². The van der Waals surface area contributed by atoms with Crippen LogP contribution in [0.3, 0.4) is 0 Å². The molecule has 2 N–H and O–H groups in total. The summed E-state index contributed by atoms with van der Waals surface area (Å²) < 4.78 is 13.5. The second-order valence-corrected chi connectivity index (χ2v) is 7.51. The zero-order chi connectivity index (χ0) is 17.6. The zero-order valence-corrected chi connectivity index (χ0v) is 18.6. The van der Waals surface area contributed by atoms with Crippen LogP contribution in [0.15, 0.2) is 23.2 Å². The van der Waals surface area contributed by atoms with Crippen molar-refractivity contribution in [1.82, 2.24) is 20.4 Å². The lowest BCUT2D eigenvalue weighted by atomic mass is 10.1. The molecule has 0 radical (unpaired) electrons. The molecule has 1 atom stereocenters. The molecular weight excluding hydrogens is 464 g/mol. The van der Waals surface area contributed by atoms with E-state index in [0.717, 1.165) is 35.9 Å². The van der Waals surface area contributed by atoms with Crippen LogP contribution in [0.25, 0.3) is 0 Å². The molecular formula is C18H29FIN5S. The largest absolute Gasteiger partial charge is 0.355 e. The van der Waals surface area contributed by atoms with Crippen molar-refractivity contribution in [1.29, 1.82) is 0 Å². The highest BCUT2D eigenvalue weighted by Crippen LogP contribution is 2.17. The Morgan fingerprint density at radius 1 is 1.23 bits per heavy atom. The summed E-state index contributed by atoms with van der Waals surface area (Å²) in [4.78, 5) is 9.43. The van der Waals surface area contributed by atoms with E-state index in [9.17, 15) is 4.39 Å². The topological polar surface area (TPSA) is 42.9 Å². The summed E-state index contributed by atoms with van der Waals surface area (Å²) in [5.41, 5.74) is 2.16. The number of halogens is 2. The van der Waals surface area contributed by atoms with Crippen LogP contribution < -0.4 is 10.6 Å². The third-order valence-electron chi connectivity index (χ3n) is 5.04. The number of nitrogens with one attached hydrogen (secondary N) is 2. The first kappa shape index (κ1) is 21.7. The van der Waals surface area contributed by atoms with E-state index in [0.29, 0.717) is 12.6 Å². The van der Waals surface area contributed by atoms with Gasteiger partial charge in [0.15, 0.2) is 5.96 Å². The highest BCUT2D eigenvalue weighted by molar-refractivity contribution is 14.0. The molecule has 3 aliphatic rings. The van der Waals surface area contributed by atoms with Gasteiger partial charge in [-0.15, -0.1) is 24.0 Å². The first-order valence-electron chi connectivity index (χ1n) is 8.86. The Balaban J connectivity index is 0.00000243. The molecule has 1 aromatic rings. The highest BCUT2D eigenvalue weighted by Gasteiger charge is 2.31. The first-order valence-corrected chi connectivity index (χ1v) is 10.3. The van der Waals surface area contributed by atoms with Gasteiger partial charge in [-0.1, -0.05) is 6.07 Å². The van der Waals surface area contributed by atoms with Crippen LogP contribution in [-0.2, 0) is 12.3 Å². The Labute approximate surface area is 177 Å². The number of hydrogen-bond acceptors (Lipinski definition) is 4. The molecule has 4 rings (SSSR count). The van der Waals surface area contributed by atoms with Gasteiger partial charge in [-0.25, -0.2) is 4.39 Å². The van der Waals surface area contributed by atoms with Gasteiger partial charge in [-0.2, -0.15) is 11.8 Å². The summed E-state index contributed by atoms with van der Waals surface area (Å²) in [5, 5.41) is 6.81. The van der Waals surface area contributed by atoms with Gasteiger partial charge in [0.25, 0.3) is 0 Å². The molecule has 3 heterocycles. The molecule has 2 bridgehead atoms. The van der Waals surface area contributed by atoms with E-state index in [-0.39, 0.29) is 29.8 Å². The van der Waals surface area contributed by atoms with Crippen molar-refractivity contribution in [2.24, 2.45) is 4.99 Å². The van der Waals surface area contributed by atoms with Crippen LogP contribution >= 0.6 is 35.7 Å². The summed E-state index contributed by atoms with van der Waals surface area (Å²) in [5.74, 6) is 1.44. The fourth-order valence-corrected chi connectivity index (χ4v) is 4.17. The maximum absolute atomic E-state index is 13.5. The van der Waals surface area contributed by atoms with Gasteiger partial charge in [0, 0.05) is 64.7 Å². The van der Waals surface area contributed by atoms with Gasteiger partial charge in [0.2, 0.25) is 0 Å². The second-order valence-electron chi connectivity index (χ2n) is 6.64. The normalized spacial score (nSPS) is 24.9. The van der Waals surface area contributed by atoms with Crippen molar-refractivity contribution in [2.45, 2.75) is 18.3 Å². The predicted molar refractivity (Wildman–Crippen MR) is 119 cm³/mol. The quantitative estimate of drug-likeness (QED) is 0.361. The molecule has 8 heteroatoms. The summed E-state index contributed by atoms with van der Waals surface area (Å²) >= 11 is 1.70. The van der Waals surface area contributed by atoms with Gasteiger partial charge in [0.05, 0.1) is 0 Å². The Bertz CT molecular complexity index is 607. The minimum absolute atomic E-state index is 0. The molecule has 1 aromatic carbocycles. The highest BCUT2D eigenvalue weighted by atomic mass is 127. The third kappa shape index (κ3) is 5.71. The standard InChI is InChI=1S/C18H28FN5S.HI/c1-20-18(22-11-17-12-23-5-7-24(17)8-6-23)21-10-14-3-4-16(19)9-15(14)13-25-2;/h3-4,9,17H,5-8,10-13H2,1-2H3,(H2,20,21,22);1H. The van der Waals surface area contributed by atoms with E-state index in [1.807, 2.05) is 12.3 Å². The molecule has 3 fully saturated rings. The van der Waals surface area contributed by atoms with Crippen molar-refractivity contribution in [3.05, 3.63) is 35.1 Å². The predicted octanol–water partition coefficient (Wildman–Crippen LogP) is 1.97. The molecule has 0 aromatic heterocycles. The van der Waals surface area contributed by atoms with Gasteiger partial charge < -0.3 is 10.6 Å². The lowest BCUT2D eigenvalue weighted by Gasteiger charge is -2.47. The number of aliphatic imine (C=N–C) groups is 1. The number of benzene rings is 1. The summed E-state index contributed by atoms with van der Waals surface area (Å²) in [7, 11) is 1.79. The number of rotatable bonds is 6. The number of fused-ring (bicyclic) bond motifs is 3. The maximum Gasteiger partial charge on any atom is 0.191 e. The number of piperazine rings is 3. The molecule has 146 valence electrons. The van der Waals surface area contributed by atoms with Gasteiger partial charge in [0.1, 0.15) is 5.82 Å². The Kier molecular flexibility index (Phi) is 8.92. The average molecular weight is 493 g/mol. The monoisotopic (exact) mass is 493 g/mol. The number of guanidine groups is 1. The Morgan fingerprint density at radius 2 is 2.00 bits per heavy atom. The molecule has 0 aliphatic carbocycles. The molecule has 3 aliphatic heterocycles. The Hall–Kier alpha value is -0.580. The van der Waals surface area contributed by atoms with Crippen molar-refractivity contribution in [3.63, 3.8) is 0 Å². The first-order chi connectivity index (χ1) is 12.2. The number of hydrogen-bond donors (Lipinski definition) is 2. The second kappa shape index (κ2) is 10.7. The Morgan fingerprint density at radius 3 is 2.62 bits per heavy atom. The van der Waals surface area contributed by atoms with Gasteiger partial charge >= 0.3 is 0 Å². The molecule has 5 nitrogen and oxygen atoms in total. The van der Waals surface area contributed by atoms with Gasteiger partial charge in [-0.3, -0.25) is 14.8 Å².